The Balaban J connectivity index is 2.81. The van der Waals surface area contributed by atoms with Gasteiger partial charge in [-0.3, -0.25) is 4.79 Å². The quantitative estimate of drug-likeness (QED) is 0.717. The van der Waals surface area contributed by atoms with Crippen molar-refractivity contribution in [1.29, 1.82) is 0 Å². The van der Waals surface area contributed by atoms with Crippen molar-refractivity contribution in [2.75, 3.05) is 35.0 Å². The lowest BCUT2D eigenvalue weighted by Gasteiger charge is -2.17. The number of carbonyl (C=O) groups is 1. The van der Waals surface area contributed by atoms with Gasteiger partial charge in [-0.1, -0.05) is 0 Å². The molecule has 0 aliphatic carbocycles. The molecule has 1 N–H and O–H groups in total. The minimum absolute atomic E-state index is 0.0824. The topological polar surface area (TPSA) is 83.5 Å². The molecule has 1 rings (SSSR count). The van der Waals surface area contributed by atoms with Crippen molar-refractivity contribution in [3.63, 3.8) is 0 Å². The Hall–Kier alpha value is -2.15. The fraction of sp³-hybridized carbons (Fsp3) is 0.500. The maximum Gasteiger partial charge on any atom is 0.308 e. The van der Waals surface area contributed by atoms with E-state index in [1.165, 1.54) is 28.4 Å². The lowest BCUT2D eigenvalue weighted by molar-refractivity contribution is -0.143. The number of methoxy groups -OCH3 is 4. The van der Waals surface area contributed by atoms with Crippen LogP contribution in [0.4, 0.5) is 0 Å². The van der Waals surface area contributed by atoms with Gasteiger partial charge in [-0.25, -0.2) is 0 Å². The Morgan fingerprint density at radius 2 is 1.62 bits per heavy atom. The number of rotatable bonds is 8. The summed E-state index contributed by atoms with van der Waals surface area (Å²) in [5, 5.41) is 9.68. The second-order valence-corrected chi connectivity index (χ2v) is 4.08. The van der Waals surface area contributed by atoms with Crippen molar-refractivity contribution in [3.8, 4) is 23.0 Å². The first-order valence-electron chi connectivity index (χ1n) is 6.24. The van der Waals surface area contributed by atoms with Crippen LogP contribution in [0, 0.1) is 0 Å². The molecule has 1 aromatic rings. The molecule has 0 aromatic heterocycles. The molecule has 0 fully saturated rings. The summed E-state index contributed by atoms with van der Waals surface area (Å²) in [4.78, 5) is 11.0. The number of hydrogen-bond donors (Lipinski definition) is 1. The van der Waals surface area contributed by atoms with Crippen molar-refractivity contribution in [1.82, 2.24) is 0 Å². The fourth-order valence-electron chi connectivity index (χ4n) is 1.71. The molecule has 0 spiro atoms. The lowest BCUT2D eigenvalue weighted by atomic mass is 10.2. The smallest absolute Gasteiger partial charge is 0.308 e. The molecule has 0 radical (unpaired) electrons. The Kier molecular flexibility index (Phi) is 6.61. The maximum atomic E-state index is 11.0. The predicted octanol–water partition coefficient (Wildman–Crippen LogP) is 1.02. The van der Waals surface area contributed by atoms with Crippen molar-refractivity contribution in [3.05, 3.63) is 12.1 Å². The minimum Gasteiger partial charge on any atom is -0.493 e. The molecular weight excluding hydrogens is 280 g/mol. The summed E-state index contributed by atoms with van der Waals surface area (Å²) < 4.78 is 25.5. The van der Waals surface area contributed by atoms with Gasteiger partial charge in [0.2, 0.25) is 11.5 Å². The van der Waals surface area contributed by atoms with Crippen LogP contribution in [0.3, 0.4) is 0 Å². The first kappa shape index (κ1) is 16.9. The molecule has 1 aromatic carbocycles. The SMILES string of the molecule is COC(=O)CC(O)COc1ccc(OC)c(OC)c1OC. The number of esters is 1. The molecule has 21 heavy (non-hydrogen) atoms. The number of aliphatic hydroxyl groups is 1. The van der Waals surface area contributed by atoms with Gasteiger partial charge in [0, 0.05) is 0 Å². The molecule has 1 unspecified atom stereocenters. The number of carbonyl (C=O) groups excluding carboxylic acids is 1. The van der Waals surface area contributed by atoms with E-state index in [0.29, 0.717) is 23.0 Å². The average molecular weight is 300 g/mol. The van der Waals surface area contributed by atoms with E-state index in [-0.39, 0.29) is 13.0 Å². The van der Waals surface area contributed by atoms with E-state index < -0.39 is 12.1 Å². The molecule has 0 heterocycles. The van der Waals surface area contributed by atoms with Crippen LogP contribution in [0.2, 0.25) is 0 Å². The highest BCUT2D eigenvalue weighted by Gasteiger charge is 2.18. The van der Waals surface area contributed by atoms with Gasteiger partial charge in [0.05, 0.1) is 41.0 Å². The summed E-state index contributed by atoms with van der Waals surface area (Å²) in [5.41, 5.74) is 0. The molecule has 0 aliphatic heterocycles. The summed E-state index contributed by atoms with van der Waals surface area (Å²) in [6.07, 6.45) is -1.12. The van der Waals surface area contributed by atoms with Gasteiger partial charge < -0.3 is 28.8 Å². The van der Waals surface area contributed by atoms with Crippen molar-refractivity contribution in [2.24, 2.45) is 0 Å². The van der Waals surface area contributed by atoms with Crippen LogP contribution >= 0.6 is 0 Å². The Bertz CT molecular complexity index is 473. The second kappa shape index (κ2) is 8.21. The first-order valence-corrected chi connectivity index (χ1v) is 6.24. The maximum absolute atomic E-state index is 11.0. The van der Waals surface area contributed by atoms with Crippen LogP contribution in [0.25, 0.3) is 0 Å². The van der Waals surface area contributed by atoms with Gasteiger partial charge in [0.15, 0.2) is 11.5 Å². The minimum atomic E-state index is -0.977. The summed E-state index contributed by atoms with van der Waals surface area (Å²) in [7, 11) is 5.72. The molecule has 0 bridgehead atoms. The third-order valence-corrected chi connectivity index (χ3v) is 2.73. The zero-order valence-corrected chi connectivity index (χ0v) is 12.5. The van der Waals surface area contributed by atoms with Gasteiger partial charge in [0.1, 0.15) is 6.61 Å². The normalized spacial score (nSPS) is 11.5. The molecule has 0 aliphatic rings. The Labute approximate surface area is 123 Å². The Morgan fingerprint density at radius 3 is 2.14 bits per heavy atom. The van der Waals surface area contributed by atoms with Crippen LogP contribution < -0.4 is 18.9 Å². The zero-order valence-electron chi connectivity index (χ0n) is 12.5. The predicted molar refractivity (Wildman–Crippen MR) is 74.2 cm³/mol. The number of benzene rings is 1. The molecule has 7 heteroatoms. The highest BCUT2D eigenvalue weighted by molar-refractivity contribution is 5.69. The summed E-state index contributed by atoms with van der Waals surface area (Å²) in [6.45, 7) is -0.0824. The Morgan fingerprint density at radius 1 is 1.05 bits per heavy atom. The van der Waals surface area contributed by atoms with Crippen LogP contribution in [0.1, 0.15) is 6.42 Å². The third-order valence-electron chi connectivity index (χ3n) is 2.73. The van der Waals surface area contributed by atoms with Crippen LogP contribution in [0.15, 0.2) is 12.1 Å². The highest BCUT2D eigenvalue weighted by Crippen LogP contribution is 2.43. The van der Waals surface area contributed by atoms with Gasteiger partial charge >= 0.3 is 5.97 Å². The fourth-order valence-corrected chi connectivity index (χ4v) is 1.71. The number of hydrogen-bond acceptors (Lipinski definition) is 7. The second-order valence-electron chi connectivity index (χ2n) is 4.08. The molecule has 118 valence electrons. The molecular formula is C14H20O7. The van der Waals surface area contributed by atoms with E-state index in [9.17, 15) is 9.90 Å². The van der Waals surface area contributed by atoms with Gasteiger partial charge in [0.25, 0.3) is 0 Å². The van der Waals surface area contributed by atoms with Gasteiger partial charge in [-0.2, -0.15) is 0 Å². The first-order chi connectivity index (χ1) is 10.1. The molecule has 1 atom stereocenters. The number of ether oxygens (including phenoxy) is 5. The monoisotopic (exact) mass is 300 g/mol. The highest BCUT2D eigenvalue weighted by atomic mass is 16.6. The lowest BCUT2D eigenvalue weighted by Crippen LogP contribution is -2.22. The van der Waals surface area contributed by atoms with Crippen LogP contribution in [-0.2, 0) is 9.53 Å². The molecule has 0 saturated carbocycles. The molecule has 7 nitrogen and oxygen atoms in total. The molecule has 0 saturated heterocycles. The third kappa shape index (κ3) is 4.42. The summed E-state index contributed by atoms with van der Waals surface area (Å²) in [5.74, 6) is 1.10. The van der Waals surface area contributed by atoms with Crippen molar-refractivity contribution >= 4 is 5.97 Å². The summed E-state index contributed by atoms with van der Waals surface area (Å²) in [6, 6.07) is 3.29. The molecule has 0 amide bonds. The average Bonchev–Trinajstić information content (AvgIpc) is 2.51. The van der Waals surface area contributed by atoms with Crippen molar-refractivity contribution in [2.45, 2.75) is 12.5 Å². The van der Waals surface area contributed by atoms with E-state index in [0.717, 1.165) is 0 Å². The van der Waals surface area contributed by atoms with Crippen molar-refractivity contribution < 1.29 is 33.6 Å². The number of aliphatic hydroxyl groups excluding tert-OH is 1. The van der Waals surface area contributed by atoms with Gasteiger partial charge in [-0.05, 0) is 12.1 Å². The summed E-state index contributed by atoms with van der Waals surface area (Å²) >= 11 is 0. The van der Waals surface area contributed by atoms with E-state index in [1.54, 1.807) is 12.1 Å². The van der Waals surface area contributed by atoms with E-state index >= 15 is 0 Å². The van der Waals surface area contributed by atoms with Crippen LogP contribution in [-0.4, -0.2) is 52.2 Å². The van der Waals surface area contributed by atoms with E-state index in [2.05, 4.69) is 4.74 Å². The standard InChI is InChI=1S/C14H20O7/c1-17-10-5-6-11(14(20-4)13(10)19-3)21-8-9(15)7-12(16)18-2/h5-6,9,15H,7-8H2,1-4H3. The van der Waals surface area contributed by atoms with Crippen LogP contribution in [0.5, 0.6) is 23.0 Å². The van der Waals surface area contributed by atoms with E-state index in [1.807, 2.05) is 0 Å². The van der Waals surface area contributed by atoms with E-state index in [4.69, 9.17) is 18.9 Å². The largest absolute Gasteiger partial charge is 0.493 e. The zero-order chi connectivity index (χ0) is 15.8. The van der Waals surface area contributed by atoms with Gasteiger partial charge in [-0.15, -0.1) is 0 Å².